The molecule has 0 unspecified atom stereocenters. The molecule has 70 valence electrons. The highest BCUT2D eigenvalue weighted by atomic mass is 32.3. The summed E-state index contributed by atoms with van der Waals surface area (Å²) < 4.78 is 15.6. The Morgan fingerprint density at radius 2 is 1.36 bits per heavy atom. The largest absolute Gasteiger partial charge is 0.296 e. The Morgan fingerprint density at radius 3 is 1.45 bits per heavy atom. The van der Waals surface area contributed by atoms with Crippen LogP contribution in [0.1, 0.15) is 13.8 Å². The highest BCUT2D eigenvalue weighted by Gasteiger charge is 2.23. The number of hydrogen-bond donors (Lipinski definition) is 0. The first-order chi connectivity index (χ1) is 5.10. The summed E-state index contributed by atoms with van der Waals surface area (Å²) in [6, 6.07) is 0. The maximum atomic E-state index is 5.19. The minimum atomic E-state index is -1.71. The average molecular weight is 182 g/mol. The molecule has 0 aliphatic heterocycles. The molecule has 0 aromatic carbocycles. The smallest absolute Gasteiger partial charge is 0.0882 e. The molecule has 0 radical (unpaired) electrons. The van der Waals surface area contributed by atoms with Gasteiger partial charge in [-0.05, 0) is 5.92 Å². The fourth-order valence-corrected chi connectivity index (χ4v) is 2.45. The monoisotopic (exact) mass is 182 g/mol. The number of rotatable bonds is 5. The molecule has 0 heterocycles. The second kappa shape index (κ2) is 4.98. The van der Waals surface area contributed by atoms with Crippen LogP contribution in [0.25, 0.3) is 0 Å². The topological polar surface area (TPSA) is 27.7 Å². The molecule has 0 bridgehead atoms. The first-order valence-electron chi connectivity index (χ1n) is 3.58. The molecule has 0 aliphatic rings. The molecular formula is C7H18O3S. The molecule has 0 amide bonds. The number of hydrogen-bond acceptors (Lipinski definition) is 3. The summed E-state index contributed by atoms with van der Waals surface area (Å²) in [6.45, 7) is 4.22. The van der Waals surface area contributed by atoms with Crippen molar-refractivity contribution in [1.29, 1.82) is 0 Å². The summed E-state index contributed by atoms with van der Waals surface area (Å²) in [5, 5.41) is 0. The molecule has 0 aromatic heterocycles. The van der Waals surface area contributed by atoms with Crippen molar-refractivity contribution in [2.24, 2.45) is 5.92 Å². The van der Waals surface area contributed by atoms with Crippen LogP contribution in [0.5, 0.6) is 0 Å². The van der Waals surface area contributed by atoms with E-state index in [0.717, 1.165) is 5.75 Å². The van der Waals surface area contributed by atoms with Crippen LogP contribution >= 0.6 is 10.9 Å². The van der Waals surface area contributed by atoms with Crippen molar-refractivity contribution in [3.05, 3.63) is 0 Å². The molecule has 0 aromatic rings. The van der Waals surface area contributed by atoms with Crippen molar-refractivity contribution < 1.29 is 12.5 Å². The van der Waals surface area contributed by atoms with E-state index in [9.17, 15) is 0 Å². The van der Waals surface area contributed by atoms with Crippen LogP contribution in [-0.4, -0.2) is 27.1 Å². The highest BCUT2D eigenvalue weighted by molar-refractivity contribution is 8.21. The highest BCUT2D eigenvalue weighted by Crippen LogP contribution is 2.50. The molecule has 0 fully saturated rings. The maximum absolute atomic E-state index is 5.19. The van der Waals surface area contributed by atoms with Gasteiger partial charge in [0.1, 0.15) is 0 Å². The van der Waals surface area contributed by atoms with Crippen LogP contribution < -0.4 is 0 Å². The first-order valence-corrected chi connectivity index (χ1v) is 5.15. The van der Waals surface area contributed by atoms with Gasteiger partial charge in [0.15, 0.2) is 0 Å². The molecule has 11 heavy (non-hydrogen) atoms. The fourth-order valence-electron chi connectivity index (χ4n) is 0.816. The third kappa shape index (κ3) is 3.42. The first kappa shape index (κ1) is 11.2. The Hall–Kier alpha value is 0.230. The van der Waals surface area contributed by atoms with Crippen molar-refractivity contribution >= 4 is 10.9 Å². The second-order valence-electron chi connectivity index (χ2n) is 2.62. The van der Waals surface area contributed by atoms with E-state index in [1.807, 2.05) is 0 Å². The van der Waals surface area contributed by atoms with Crippen molar-refractivity contribution in [2.45, 2.75) is 13.8 Å². The summed E-state index contributed by atoms with van der Waals surface area (Å²) >= 11 is 0. The third-order valence-electron chi connectivity index (χ3n) is 1.30. The van der Waals surface area contributed by atoms with Crippen molar-refractivity contribution in [2.75, 3.05) is 27.1 Å². The SMILES string of the molecule is COS(CC(C)C)(OC)OC. The Morgan fingerprint density at radius 1 is 1.00 bits per heavy atom. The molecular weight excluding hydrogens is 164 g/mol. The maximum Gasteiger partial charge on any atom is 0.0882 e. The van der Waals surface area contributed by atoms with Crippen molar-refractivity contribution in [3.8, 4) is 0 Å². The van der Waals surface area contributed by atoms with E-state index in [-0.39, 0.29) is 0 Å². The summed E-state index contributed by atoms with van der Waals surface area (Å²) in [7, 11) is 3.14. The van der Waals surface area contributed by atoms with Crippen molar-refractivity contribution in [1.82, 2.24) is 0 Å². The molecule has 0 saturated heterocycles. The Kier molecular flexibility index (Phi) is 5.08. The van der Waals surface area contributed by atoms with Gasteiger partial charge in [0, 0.05) is 5.75 Å². The van der Waals surface area contributed by atoms with Crippen LogP contribution in [0.15, 0.2) is 0 Å². The van der Waals surface area contributed by atoms with Gasteiger partial charge in [0.05, 0.1) is 32.2 Å². The Balaban J connectivity index is 4.05. The van der Waals surface area contributed by atoms with Crippen LogP contribution in [0.4, 0.5) is 0 Å². The average Bonchev–Trinajstić information content (AvgIpc) is 2.00. The van der Waals surface area contributed by atoms with E-state index >= 15 is 0 Å². The Bertz CT molecular complexity index is 93.6. The standard InChI is InChI=1S/C7H18O3S/c1-7(2)6-11(8-3,9-4)10-5/h7H,6H2,1-5H3. The zero-order valence-electron chi connectivity index (χ0n) is 7.92. The summed E-state index contributed by atoms with van der Waals surface area (Å²) in [5.74, 6) is 1.33. The molecule has 0 saturated carbocycles. The molecule has 4 heteroatoms. The molecule has 0 N–H and O–H groups in total. The third-order valence-corrected chi connectivity index (χ3v) is 3.90. The van der Waals surface area contributed by atoms with Crippen LogP contribution in [0.3, 0.4) is 0 Å². The molecule has 3 nitrogen and oxygen atoms in total. The van der Waals surface area contributed by atoms with Gasteiger partial charge in [-0.3, -0.25) is 12.5 Å². The summed E-state index contributed by atoms with van der Waals surface area (Å²) in [4.78, 5) is 0. The van der Waals surface area contributed by atoms with Gasteiger partial charge in [0.25, 0.3) is 0 Å². The van der Waals surface area contributed by atoms with Gasteiger partial charge in [-0.1, -0.05) is 13.8 Å². The predicted molar refractivity (Wildman–Crippen MR) is 48.3 cm³/mol. The lowest BCUT2D eigenvalue weighted by Gasteiger charge is -2.34. The van der Waals surface area contributed by atoms with E-state index in [2.05, 4.69) is 13.8 Å². The van der Waals surface area contributed by atoms with Gasteiger partial charge >= 0.3 is 0 Å². The molecule has 0 aliphatic carbocycles. The molecule has 0 rings (SSSR count). The van der Waals surface area contributed by atoms with E-state index < -0.39 is 10.9 Å². The van der Waals surface area contributed by atoms with Gasteiger partial charge in [-0.2, -0.15) is 0 Å². The Labute approximate surface area is 71.0 Å². The second-order valence-corrected chi connectivity index (χ2v) is 5.07. The zero-order valence-corrected chi connectivity index (χ0v) is 8.73. The van der Waals surface area contributed by atoms with Gasteiger partial charge in [-0.15, -0.1) is 0 Å². The van der Waals surface area contributed by atoms with E-state index in [4.69, 9.17) is 12.5 Å². The minimum absolute atomic E-state index is 0.518. The molecule has 0 spiro atoms. The predicted octanol–water partition coefficient (Wildman–Crippen LogP) is 2.13. The molecule has 0 atom stereocenters. The van der Waals surface area contributed by atoms with E-state index in [0.29, 0.717) is 5.92 Å². The lowest BCUT2D eigenvalue weighted by Crippen LogP contribution is -2.14. The van der Waals surface area contributed by atoms with Crippen LogP contribution in [-0.2, 0) is 12.5 Å². The van der Waals surface area contributed by atoms with Gasteiger partial charge < -0.3 is 0 Å². The van der Waals surface area contributed by atoms with E-state index in [1.54, 1.807) is 21.3 Å². The van der Waals surface area contributed by atoms with Gasteiger partial charge in [-0.25, -0.2) is 0 Å². The van der Waals surface area contributed by atoms with Gasteiger partial charge in [0.2, 0.25) is 0 Å². The zero-order chi connectivity index (χ0) is 8.91. The lowest BCUT2D eigenvalue weighted by molar-refractivity contribution is 0.245. The van der Waals surface area contributed by atoms with Crippen LogP contribution in [0.2, 0.25) is 0 Å². The van der Waals surface area contributed by atoms with E-state index in [1.165, 1.54) is 0 Å². The van der Waals surface area contributed by atoms with Crippen LogP contribution in [0, 0.1) is 5.92 Å². The minimum Gasteiger partial charge on any atom is -0.296 e. The lowest BCUT2D eigenvalue weighted by atomic mass is 10.3. The van der Waals surface area contributed by atoms with Crippen molar-refractivity contribution in [3.63, 3.8) is 0 Å². The normalized spacial score (nSPS) is 14.0. The quantitative estimate of drug-likeness (QED) is 0.652. The summed E-state index contributed by atoms with van der Waals surface area (Å²) in [5.41, 5.74) is 0. The fraction of sp³-hybridized carbons (Fsp3) is 1.00. The summed E-state index contributed by atoms with van der Waals surface area (Å²) in [6.07, 6.45) is 0.